The van der Waals surface area contributed by atoms with Crippen molar-refractivity contribution < 1.29 is 5.11 Å². The SMILES string of the molecule is CCCCCC/C=C1/C[C@H](O)C[C@@H]1C. The number of allylic oxidation sites excluding steroid dienone is 1. The first-order chi connectivity index (χ1) is 6.74. The summed E-state index contributed by atoms with van der Waals surface area (Å²) in [5.41, 5.74) is 1.49. The average molecular weight is 196 g/mol. The topological polar surface area (TPSA) is 20.2 Å². The highest BCUT2D eigenvalue weighted by Gasteiger charge is 2.23. The van der Waals surface area contributed by atoms with Crippen LogP contribution in [0.5, 0.6) is 0 Å². The van der Waals surface area contributed by atoms with Gasteiger partial charge in [-0.05, 0) is 31.6 Å². The second-order valence-electron chi connectivity index (χ2n) is 4.62. The molecule has 0 aromatic heterocycles. The average Bonchev–Trinajstić information content (AvgIpc) is 2.45. The summed E-state index contributed by atoms with van der Waals surface area (Å²) in [7, 11) is 0. The summed E-state index contributed by atoms with van der Waals surface area (Å²) < 4.78 is 0. The fourth-order valence-corrected chi connectivity index (χ4v) is 2.26. The van der Waals surface area contributed by atoms with E-state index < -0.39 is 0 Å². The first kappa shape index (κ1) is 11.8. The van der Waals surface area contributed by atoms with E-state index in [-0.39, 0.29) is 6.10 Å². The zero-order chi connectivity index (χ0) is 10.4. The monoisotopic (exact) mass is 196 g/mol. The Bertz CT molecular complexity index is 184. The van der Waals surface area contributed by atoms with Crippen molar-refractivity contribution >= 4 is 0 Å². The lowest BCUT2D eigenvalue weighted by Crippen LogP contribution is -1.97. The molecule has 1 saturated carbocycles. The Morgan fingerprint density at radius 3 is 2.71 bits per heavy atom. The fourth-order valence-electron chi connectivity index (χ4n) is 2.26. The van der Waals surface area contributed by atoms with Crippen LogP contribution >= 0.6 is 0 Å². The van der Waals surface area contributed by atoms with Crippen molar-refractivity contribution in [2.45, 2.75) is 64.9 Å². The van der Waals surface area contributed by atoms with Crippen LogP contribution in [0, 0.1) is 5.92 Å². The number of hydrogen-bond acceptors (Lipinski definition) is 1. The van der Waals surface area contributed by atoms with E-state index in [1.807, 2.05) is 0 Å². The van der Waals surface area contributed by atoms with Gasteiger partial charge < -0.3 is 5.11 Å². The second kappa shape index (κ2) is 6.23. The number of aliphatic hydroxyl groups excluding tert-OH is 1. The largest absolute Gasteiger partial charge is 0.393 e. The van der Waals surface area contributed by atoms with Crippen LogP contribution in [0.2, 0.25) is 0 Å². The van der Waals surface area contributed by atoms with E-state index in [1.165, 1.54) is 37.7 Å². The molecule has 1 aliphatic rings. The van der Waals surface area contributed by atoms with Gasteiger partial charge in [-0.25, -0.2) is 0 Å². The molecule has 1 N–H and O–H groups in total. The van der Waals surface area contributed by atoms with Crippen molar-refractivity contribution in [2.75, 3.05) is 0 Å². The van der Waals surface area contributed by atoms with Crippen molar-refractivity contribution in [1.82, 2.24) is 0 Å². The van der Waals surface area contributed by atoms with Gasteiger partial charge in [0.2, 0.25) is 0 Å². The molecule has 0 heterocycles. The third kappa shape index (κ3) is 3.83. The number of unbranched alkanes of at least 4 members (excludes halogenated alkanes) is 4. The zero-order valence-electron chi connectivity index (χ0n) is 9.63. The molecule has 0 radical (unpaired) electrons. The van der Waals surface area contributed by atoms with Crippen molar-refractivity contribution in [3.8, 4) is 0 Å². The lowest BCUT2D eigenvalue weighted by Gasteiger charge is -2.03. The van der Waals surface area contributed by atoms with Crippen molar-refractivity contribution in [2.24, 2.45) is 5.92 Å². The number of aliphatic hydroxyl groups is 1. The molecule has 14 heavy (non-hydrogen) atoms. The molecule has 82 valence electrons. The summed E-state index contributed by atoms with van der Waals surface area (Å²) in [6.07, 6.45) is 10.8. The molecular formula is C13H24O. The van der Waals surface area contributed by atoms with Crippen molar-refractivity contribution in [3.05, 3.63) is 11.6 Å². The van der Waals surface area contributed by atoms with Crippen LogP contribution in [0.25, 0.3) is 0 Å². The van der Waals surface area contributed by atoms with Gasteiger partial charge in [0, 0.05) is 0 Å². The van der Waals surface area contributed by atoms with Gasteiger partial charge in [0.15, 0.2) is 0 Å². The Balaban J connectivity index is 2.17. The molecule has 1 fully saturated rings. The van der Waals surface area contributed by atoms with Gasteiger partial charge in [0.05, 0.1) is 6.10 Å². The summed E-state index contributed by atoms with van der Waals surface area (Å²) in [6.45, 7) is 4.47. The lowest BCUT2D eigenvalue weighted by molar-refractivity contribution is 0.180. The van der Waals surface area contributed by atoms with Crippen LogP contribution in [0.3, 0.4) is 0 Å². The quantitative estimate of drug-likeness (QED) is 0.525. The molecular weight excluding hydrogens is 172 g/mol. The summed E-state index contributed by atoms with van der Waals surface area (Å²) in [5.74, 6) is 0.621. The van der Waals surface area contributed by atoms with E-state index in [4.69, 9.17) is 0 Å². The van der Waals surface area contributed by atoms with Crippen LogP contribution in [0.4, 0.5) is 0 Å². The minimum Gasteiger partial charge on any atom is -0.393 e. The minimum absolute atomic E-state index is 0.0631. The first-order valence-electron chi connectivity index (χ1n) is 6.11. The molecule has 0 unspecified atom stereocenters. The molecule has 0 aromatic rings. The summed E-state index contributed by atoms with van der Waals surface area (Å²) >= 11 is 0. The van der Waals surface area contributed by atoms with Gasteiger partial charge in [0.25, 0.3) is 0 Å². The smallest absolute Gasteiger partial charge is 0.0583 e. The van der Waals surface area contributed by atoms with E-state index in [0.717, 1.165) is 12.8 Å². The summed E-state index contributed by atoms with van der Waals surface area (Å²) in [5, 5.41) is 9.47. The fraction of sp³-hybridized carbons (Fsp3) is 0.846. The molecule has 1 aliphatic carbocycles. The first-order valence-corrected chi connectivity index (χ1v) is 6.11. The molecule has 0 saturated heterocycles. The summed E-state index contributed by atoms with van der Waals surface area (Å²) in [4.78, 5) is 0. The maximum atomic E-state index is 9.47. The Morgan fingerprint density at radius 2 is 2.14 bits per heavy atom. The normalized spacial score (nSPS) is 30.1. The predicted octanol–water partition coefficient (Wildman–Crippen LogP) is 3.67. The molecule has 2 atom stereocenters. The molecule has 0 aliphatic heterocycles. The highest BCUT2D eigenvalue weighted by molar-refractivity contribution is 5.12. The van der Waals surface area contributed by atoms with Gasteiger partial charge in [-0.2, -0.15) is 0 Å². The van der Waals surface area contributed by atoms with E-state index in [1.54, 1.807) is 0 Å². The van der Waals surface area contributed by atoms with Gasteiger partial charge in [-0.3, -0.25) is 0 Å². The summed E-state index contributed by atoms with van der Waals surface area (Å²) in [6, 6.07) is 0. The zero-order valence-corrected chi connectivity index (χ0v) is 9.63. The predicted molar refractivity (Wildman–Crippen MR) is 61.2 cm³/mol. The molecule has 0 bridgehead atoms. The maximum Gasteiger partial charge on any atom is 0.0583 e. The maximum absolute atomic E-state index is 9.47. The van der Waals surface area contributed by atoms with Crippen molar-refractivity contribution in [1.29, 1.82) is 0 Å². The number of rotatable bonds is 5. The van der Waals surface area contributed by atoms with Crippen LogP contribution < -0.4 is 0 Å². The lowest BCUT2D eigenvalue weighted by atomic mass is 10.0. The Labute approximate surface area is 88.2 Å². The second-order valence-corrected chi connectivity index (χ2v) is 4.62. The van der Waals surface area contributed by atoms with Crippen LogP contribution in [0.15, 0.2) is 11.6 Å². The van der Waals surface area contributed by atoms with Gasteiger partial charge in [0.1, 0.15) is 0 Å². The van der Waals surface area contributed by atoms with Crippen LogP contribution in [-0.4, -0.2) is 11.2 Å². The van der Waals surface area contributed by atoms with Crippen molar-refractivity contribution in [3.63, 3.8) is 0 Å². The van der Waals surface area contributed by atoms with Crippen LogP contribution in [0.1, 0.15) is 58.8 Å². The number of hydrogen-bond donors (Lipinski definition) is 1. The van der Waals surface area contributed by atoms with Gasteiger partial charge in [-0.15, -0.1) is 0 Å². The third-order valence-electron chi connectivity index (χ3n) is 3.19. The molecule has 1 rings (SSSR count). The Kier molecular flexibility index (Phi) is 5.24. The minimum atomic E-state index is -0.0631. The van der Waals surface area contributed by atoms with Gasteiger partial charge >= 0.3 is 0 Å². The molecule has 0 amide bonds. The van der Waals surface area contributed by atoms with Gasteiger partial charge in [-0.1, -0.05) is 44.8 Å². The van der Waals surface area contributed by atoms with E-state index in [0.29, 0.717) is 5.92 Å². The van der Waals surface area contributed by atoms with E-state index in [9.17, 15) is 5.11 Å². The molecule has 0 spiro atoms. The standard InChI is InChI=1S/C13H24O/c1-3-4-5-6-7-8-12-10-13(14)9-11(12)2/h8,11,13-14H,3-7,9-10H2,1-2H3/b12-8-/t11-,13+/m0/s1. The van der Waals surface area contributed by atoms with E-state index >= 15 is 0 Å². The molecule has 1 nitrogen and oxygen atoms in total. The third-order valence-corrected chi connectivity index (χ3v) is 3.19. The molecule has 0 aromatic carbocycles. The highest BCUT2D eigenvalue weighted by Crippen LogP contribution is 2.31. The van der Waals surface area contributed by atoms with Crippen LogP contribution in [-0.2, 0) is 0 Å². The molecule has 1 heteroatoms. The Hall–Kier alpha value is -0.300. The highest BCUT2D eigenvalue weighted by atomic mass is 16.3. The Morgan fingerprint density at radius 1 is 1.36 bits per heavy atom. The van der Waals surface area contributed by atoms with E-state index in [2.05, 4.69) is 19.9 Å².